The summed E-state index contributed by atoms with van der Waals surface area (Å²) in [6.07, 6.45) is 5.35. The normalized spacial score (nSPS) is 12.5. The fraction of sp³-hybridized carbons (Fsp3) is 0.200. The Balaban J connectivity index is 1.49. The van der Waals surface area contributed by atoms with E-state index in [9.17, 15) is 13.2 Å². The number of hydrogen-bond donors (Lipinski definition) is 2. The standard InChI is InChI=1S/C20H22N4O3S/c1-16(17-7-9-18(10-8-17)24-14-13-21-15-24)23-20(25)11-12-22-28(26,27)19-5-3-2-4-6-19/h2-10,13-16,22H,11-12H2,1H3,(H,23,25). The van der Waals surface area contributed by atoms with Gasteiger partial charge in [-0.05, 0) is 36.8 Å². The van der Waals surface area contributed by atoms with Crippen LogP contribution in [0.15, 0.2) is 78.2 Å². The highest BCUT2D eigenvalue weighted by Gasteiger charge is 2.14. The number of amides is 1. The van der Waals surface area contributed by atoms with E-state index in [4.69, 9.17) is 0 Å². The van der Waals surface area contributed by atoms with E-state index in [1.807, 2.05) is 42.0 Å². The summed E-state index contributed by atoms with van der Waals surface area (Å²) >= 11 is 0. The number of benzene rings is 2. The molecule has 1 heterocycles. The largest absolute Gasteiger partial charge is 0.350 e. The molecular weight excluding hydrogens is 376 g/mol. The first kappa shape index (κ1) is 19.8. The summed E-state index contributed by atoms with van der Waals surface area (Å²) in [6, 6.07) is 15.7. The molecule has 146 valence electrons. The first-order chi connectivity index (χ1) is 13.5. The monoisotopic (exact) mass is 398 g/mol. The van der Waals surface area contributed by atoms with Crippen LogP contribution in [0, 0.1) is 0 Å². The van der Waals surface area contributed by atoms with Crippen molar-refractivity contribution in [2.75, 3.05) is 6.54 Å². The van der Waals surface area contributed by atoms with Crippen molar-refractivity contribution in [2.24, 2.45) is 0 Å². The molecule has 1 amide bonds. The zero-order chi connectivity index (χ0) is 20.0. The average molecular weight is 398 g/mol. The second kappa shape index (κ2) is 8.81. The van der Waals surface area contributed by atoms with Gasteiger partial charge in [0.25, 0.3) is 0 Å². The number of carbonyl (C=O) groups is 1. The van der Waals surface area contributed by atoms with Crippen LogP contribution in [0.3, 0.4) is 0 Å². The number of hydrogen-bond acceptors (Lipinski definition) is 4. The van der Waals surface area contributed by atoms with E-state index in [2.05, 4.69) is 15.0 Å². The SMILES string of the molecule is CC(NC(=O)CCNS(=O)(=O)c1ccccc1)c1ccc(-n2ccnc2)cc1. The predicted molar refractivity (Wildman–Crippen MR) is 106 cm³/mol. The molecule has 2 aromatic carbocycles. The molecule has 28 heavy (non-hydrogen) atoms. The summed E-state index contributed by atoms with van der Waals surface area (Å²) in [5.74, 6) is -0.220. The van der Waals surface area contributed by atoms with Crippen LogP contribution < -0.4 is 10.0 Å². The van der Waals surface area contributed by atoms with Gasteiger partial charge in [-0.25, -0.2) is 18.1 Å². The third kappa shape index (κ3) is 5.05. The molecule has 8 heteroatoms. The number of nitrogens with one attached hydrogen (secondary N) is 2. The Hall–Kier alpha value is -2.97. The van der Waals surface area contributed by atoms with Crippen LogP contribution in [0.5, 0.6) is 0 Å². The third-order valence-corrected chi connectivity index (χ3v) is 5.75. The van der Waals surface area contributed by atoms with Gasteiger partial charge in [0, 0.05) is 31.0 Å². The molecule has 0 aliphatic carbocycles. The van der Waals surface area contributed by atoms with Crippen molar-refractivity contribution < 1.29 is 13.2 Å². The van der Waals surface area contributed by atoms with E-state index < -0.39 is 10.0 Å². The van der Waals surface area contributed by atoms with Crippen molar-refractivity contribution in [1.29, 1.82) is 0 Å². The van der Waals surface area contributed by atoms with Gasteiger partial charge in [-0.3, -0.25) is 4.79 Å². The highest BCUT2D eigenvalue weighted by Crippen LogP contribution is 2.16. The summed E-state index contributed by atoms with van der Waals surface area (Å²) < 4.78 is 28.6. The molecule has 0 bridgehead atoms. The Morgan fingerprint density at radius 3 is 2.46 bits per heavy atom. The number of aromatic nitrogens is 2. The van der Waals surface area contributed by atoms with Gasteiger partial charge in [-0.1, -0.05) is 30.3 Å². The molecule has 1 aromatic heterocycles. The van der Waals surface area contributed by atoms with Gasteiger partial charge in [-0.15, -0.1) is 0 Å². The van der Waals surface area contributed by atoms with Gasteiger partial charge in [-0.2, -0.15) is 0 Å². The van der Waals surface area contributed by atoms with Gasteiger partial charge in [0.2, 0.25) is 15.9 Å². The minimum Gasteiger partial charge on any atom is -0.350 e. The lowest BCUT2D eigenvalue weighted by molar-refractivity contribution is -0.121. The van der Waals surface area contributed by atoms with Gasteiger partial charge in [0.15, 0.2) is 0 Å². The number of rotatable bonds is 8. The lowest BCUT2D eigenvalue weighted by Crippen LogP contribution is -2.32. The fourth-order valence-corrected chi connectivity index (χ4v) is 3.78. The highest BCUT2D eigenvalue weighted by atomic mass is 32.2. The Morgan fingerprint density at radius 1 is 1.11 bits per heavy atom. The summed E-state index contributed by atoms with van der Waals surface area (Å²) in [4.78, 5) is 16.3. The zero-order valence-electron chi connectivity index (χ0n) is 15.4. The molecule has 0 radical (unpaired) electrons. The maximum atomic E-state index is 12.1. The maximum absolute atomic E-state index is 12.1. The lowest BCUT2D eigenvalue weighted by atomic mass is 10.1. The molecule has 7 nitrogen and oxygen atoms in total. The van der Waals surface area contributed by atoms with Gasteiger partial charge >= 0.3 is 0 Å². The molecule has 3 rings (SSSR count). The predicted octanol–water partition coefficient (Wildman–Crippen LogP) is 2.42. The van der Waals surface area contributed by atoms with E-state index in [0.29, 0.717) is 0 Å². The van der Waals surface area contributed by atoms with Gasteiger partial charge in [0.05, 0.1) is 17.3 Å². The molecule has 0 saturated carbocycles. The lowest BCUT2D eigenvalue weighted by Gasteiger charge is -2.15. The Labute approximate surface area is 164 Å². The minimum atomic E-state index is -3.60. The fourth-order valence-electron chi connectivity index (χ4n) is 2.73. The first-order valence-corrected chi connectivity index (χ1v) is 10.4. The van der Waals surface area contributed by atoms with Crippen LogP contribution in [0.2, 0.25) is 0 Å². The first-order valence-electron chi connectivity index (χ1n) is 8.88. The topological polar surface area (TPSA) is 93.1 Å². The Morgan fingerprint density at radius 2 is 1.82 bits per heavy atom. The van der Waals surface area contributed by atoms with Crippen LogP contribution in [-0.4, -0.2) is 30.4 Å². The summed E-state index contributed by atoms with van der Waals surface area (Å²) in [6.45, 7) is 1.92. The van der Waals surface area contributed by atoms with Crippen molar-refractivity contribution in [3.05, 3.63) is 78.9 Å². The summed E-state index contributed by atoms with van der Waals surface area (Å²) in [7, 11) is -3.60. The van der Waals surface area contributed by atoms with E-state index >= 15 is 0 Å². The van der Waals surface area contributed by atoms with Crippen LogP contribution in [-0.2, 0) is 14.8 Å². The number of imidazole rings is 1. The maximum Gasteiger partial charge on any atom is 0.240 e. The van der Waals surface area contributed by atoms with Crippen LogP contribution in [0.25, 0.3) is 5.69 Å². The molecule has 1 unspecified atom stereocenters. The van der Waals surface area contributed by atoms with Crippen molar-refractivity contribution in [2.45, 2.75) is 24.3 Å². The van der Waals surface area contributed by atoms with Gasteiger partial charge < -0.3 is 9.88 Å². The van der Waals surface area contributed by atoms with Crippen LogP contribution in [0.4, 0.5) is 0 Å². The second-order valence-corrected chi connectivity index (χ2v) is 8.08. The number of nitrogens with zero attached hydrogens (tertiary/aromatic N) is 2. The second-order valence-electron chi connectivity index (χ2n) is 6.31. The molecule has 0 fully saturated rings. The highest BCUT2D eigenvalue weighted by molar-refractivity contribution is 7.89. The number of carbonyl (C=O) groups excluding carboxylic acids is 1. The summed E-state index contributed by atoms with van der Waals surface area (Å²) in [5.41, 5.74) is 1.94. The summed E-state index contributed by atoms with van der Waals surface area (Å²) in [5, 5.41) is 2.88. The molecule has 3 aromatic rings. The number of sulfonamides is 1. The van der Waals surface area contributed by atoms with E-state index in [-0.39, 0.29) is 29.8 Å². The molecular formula is C20H22N4O3S. The molecule has 0 aliphatic rings. The molecule has 2 N–H and O–H groups in total. The molecule has 1 atom stereocenters. The quantitative estimate of drug-likeness (QED) is 0.609. The van der Waals surface area contributed by atoms with E-state index in [1.54, 1.807) is 30.7 Å². The zero-order valence-corrected chi connectivity index (χ0v) is 16.3. The Bertz CT molecular complexity index is 1000. The Kier molecular flexibility index (Phi) is 6.23. The third-order valence-electron chi connectivity index (χ3n) is 4.27. The molecule has 0 aliphatic heterocycles. The molecule has 0 spiro atoms. The van der Waals surface area contributed by atoms with Crippen molar-refractivity contribution in [3.63, 3.8) is 0 Å². The van der Waals surface area contributed by atoms with Crippen molar-refractivity contribution in [1.82, 2.24) is 19.6 Å². The smallest absolute Gasteiger partial charge is 0.240 e. The molecule has 0 saturated heterocycles. The van der Waals surface area contributed by atoms with Gasteiger partial charge in [0.1, 0.15) is 0 Å². The van der Waals surface area contributed by atoms with Crippen molar-refractivity contribution >= 4 is 15.9 Å². The minimum absolute atomic E-state index is 0.0371. The van der Waals surface area contributed by atoms with Crippen molar-refractivity contribution in [3.8, 4) is 5.69 Å². The van der Waals surface area contributed by atoms with E-state index in [1.165, 1.54) is 12.1 Å². The van der Waals surface area contributed by atoms with Crippen LogP contribution >= 0.6 is 0 Å². The van der Waals surface area contributed by atoms with E-state index in [0.717, 1.165) is 11.3 Å². The van der Waals surface area contributed by atoms with Crippen LogP contribution in [0.1, 0.15) is 24.9 Å². The average Bonchev–Trinajstić information content (AvgIpc) is 3.23.